The van der Waals surface area contributed by atoms with Gasteiger partial charge in [0.25, 0.3) is 0 Å². The van der Waals surface area contributed by atoms with Crippen LogP contribution in [0.25, 0.3) is 0 Å². The third kappa shape index (κ3) is 12.7. The van der Waals surface area contributed by atoms with Crippen LogP contribution in [0.4, 0.5) is 4.79 Å². The van der Waals surface area contributed by atoms with Crippen LogP contribution >= 0.6 is 0 Å². The molecule has 1 saturated heterocycles. The topological polar surface area (TPSA) is 61.8 Å². The zero-order valence-electron chi connectivity index (χ0n) is 15.9. The van der Waals surface area contributed by atoms with Crippen LogP contribution in [-0.2, 0) is 19.0 Å². The first-order valence-corrected chi connectivity index (χ1v) is 10.2. The Kier molecular flexibility index (Phi) is 13.1. The molecule has 1 fully saturated rings. The second-order valence-electron chi connectivity index (χ2n) is 6.98. The minimum absolute atomic E-state index is 0.100. The van der Waals surface area contributed by atoms with Crippen molar-refractivity contribution in [1.29, 1.82) is 0 Å². The van der Waals surface area contributed by atoms with Gasteiger partial charge in [0, 0.05) is 6.42 Å². The molecule has 0 N–H and O–H groups in total. The van der Waals surface area contributed by atoms with Gasteiger partial charge >= 0.3 is 12.1 Å². The molecule has 0 aromatic carbocycles. The lowest BCUT2D eigenvalue weighted by Crippen LogP contribution is -2.20. The average molecular weight is 357 g/mol. The van der Waals surface area contributed by atoms with E-state index >= 15 is 0 Å². The van der Waals surface area contributed by atoms with E-state index in [4.69, 9.17) is 9.47 Å². The van der Waals surface area contributed by atoms with E-state index in [0.717, 1.165) is 12.8 Å². The molecule has 0 radical (unpaired) electrons. The molecular weight excluding hydrogens is 320 g/mol. The van der Waals surface area contributed by atoms with Gasteiger partial charge in [-0.3, -0.25) is 4.79 Å². The molecule has 1 unspecified atom stereocenters. The van der Waals surface area contributed by atoms with Crippen molar-refractivity contribution in [2.45, 2.75) is 103 Å². The minimum Gasteiger partial charge on any atom is -0.462 e. The third-order valence-electron chi connectivity index (χ3n) is 4.56. The summed E-state index contributed by atoms with van der Waals surface area (Å²) in [6.45, 7) is 2.53. The molecule has 1 heterocycles. The van der Waals surface area contributed by atoms with E-state index in [-0.39, 0.29) is 19.2 Å². The zero-order valence-corrected chi connectivity index (χ0v) is 15.9. The molecule has 1 aliphatic heterocycles. The highest BCUT2D eigenvalue weighted by Gasteiger charge is 2.26. The molecule has 5 heteroatoms. The number of ether oxygens (including phenoxy) is 3. The predicted molar refractivity (Wildman–Crippen MR) is 97.5 cm³/mol. The van der Waals surface area contributed by atoms with Crippen LogP contribution in [0, 0.1) is 0 Å². The molecule has 0 amide bonds. The lowest BCUT2D eigenvalue weighted by molar-refractivity contribution is -0.146. The van der Waals surface area contributed by atoms with Gasteiger partial charge in [-0.2, -0.15) is 0 Å². The van der Waals surface area contributed by atoms with E-state index in [1.807, 2.05) is 0 Å². The van der Waals surface area contributed by atoms with Crippen LogP contribution in [0.1, 0.15) is 96.8 Å². The standard InChI is InChI=1S/C20H36O5/c1-2-3-4-5-6-7-8-9-10-11-12-13-14-15-19(21)23-16-18-17-24-20(22)25-18/h18H,2-17H2,1H3. The van der Waals surface area contributed by atoms with E-state index in [1.165, 1.54) is 70.6 Å². The molecule has 1 rings (SSSR count). The lowest BCUT2D eigenvalue weighted by Gasteiger charge is -2.07. The number of hydrogen-bond donors (Lipinski definition) is 0. The second-order valence-corrected chi connectivity index (χ2v) is 6.98. The highest BCUT2D eigenvalue weighted by Crippen LogP contribution is 2.13. The Bertz CT molecular complexity index is 356. The van der Waals surface area contributed by atoms with Crippen molar-refractivity contribution in [2.24, 2.45) is 0 Å². The van der Waals surface area contributed by atoms with Crippen molar-refractivity contribution in [3.63, 3.8) is 0 Å². The fraction of sp³-hybridized carbons (Fsp3) is 0.900. The fourth-order valence-electron chi connectivity index (χ4n) is 2.99. The molecule has 0 aliphatic carbocycles. The monoisotopic (exact) mass is 356 g/mol. The van der Waals surface area contributed by atoms with Gasteiger partial charge in [0.1, 0.15) is 13.2 Å². The Morgan fingerprint density at radius 3 is 1.92 bits per heavy atom. The largest absolute Gasteiger partial charge is 0.508 e. The van der Waals surface area contributed by atoms with Crippen molar-refractivity contribution in [3.05, 3.63) is 0 Å². The molecular formula is C20H36O5. The van der Waals surface area contributed by atoms with Crippen LogP contribution in [0.2, 0.25) is 0 Å². The predicted octanol–water partition coefficient (Wildman–Crippen LogP) is 5.55. The molecule has 0 aromatic rings. The van der Waals surface area contributed by atoms with Gasteiger partial charge < -0.3 is 14.2 Å². The van der Waals surface area contributed by atoms with Gasteiger partial charge in [-0.15, -0.1) is 0 Å². The van der Waals surface area contributed by atoms with Gasteiger partial charge in [0.05, 0.1) is 0 Å². The number of hydrogen-bond acceptors (Lipinski definition) is 5. The van der Waals surface area contributed by atoms with Gasteiger partial charge in [-0.05, 0) is 6.42 Å². The van der Waals surface area contributed by atoms with Gasteiger partial charge in [-0.1, -0.05) is 84.0 Å². The van der Waals surface area contributed by atoms with Gasteiger partial charge in [-0.25, -0.2) is 4.79 Å². The Balaban J connectivity index is 1.76. The average Bonchev–Trinajstić information content (AvgIpc) is 3.02. The molecule has 1 atom stereocenters. The van der Waals surface area contributed by atoms with Crippen LogP contribution in [0.3, 0.4) is 0 Å². The first-order chi connectivity index (χ1) is 12.2. The second kappa shape index (κ2) is 15.0. The van der Waals surface area contributed by atoms with E-state index in [9.17, 15) is 9.59 Å². The highest BCUT2D eigenvalue weighted by atomic mass is 16.8. The first-order valence-electron chi connectivity index (χ1n) is 10.2. The van der Waals surface area contributed by atoms with Crippen LogP contribution < -0.4 is 0 Å². The molecule has 1 aliphatic rings. The Labute approximate surface area is 152 Å². The number of carbonyl (C=O) groups is 2. The van der Waals surface area contributed by atoms with Gasteiger partial charge in [0.2, 0.25) is 0 Å². The van der Waals surface area contributed by atoms with Crippen molar-refractivity contribution >= 4 is 12.1 Å². The van der Waals surface area contributed by atoms with Crippen molar-refractivity contribution in [1.82, 2.24) is 0 Å². The first kappa shape index (κ1) is 21.8. The van der Waals surface area contributed by atoms with Crippen molar-refractivity contribution < 1.29 is 23.8 Å². The molecule has 0 spiro atoms. The molecule has 146 valence electrons. The smallest absolute Gasteiger partial charge is 0.462 e. The maximum atomic E-state index is 11.6. The Hall–Kier alpha value is -1.26. The fourth-order valence-corrected chi connectivity index (χ4v) is 2.99. The number of unbranched alkanes of at least 4 members (excludes halogenated alkanes) is 12. The van der Waals surface area contributed by atoms with Crippen LogP contribution in [0.5, 0.6) is 0 Å². The summed E-state index contributed by atoms with van der Waals surface area (Å²) in [6, 6.07) is 0. The molecule has 5 nitrogen and oxygen atoms in total. The summed E-state index contributed by atoms with van der Waals surface area (Å²) in [5, 5.41) is 0. The number of esters is 1. The van der Waals surface area contributed by atoms with E-state index in [0.29, 0.717) is 6.42 Å². The summed E-state index contributed by atoms with van der Waals surface area (Å²) < 4.78 is 14.5. The summed E-state index contributed by atoms with van der Waals surface area (Å²) in [5.41, 5.74) is 0. The summed E-state index contributed by atoms with van der Waals surface area (Å²) >= 11 is 0. The summed E-state index contributed by atoms with van der Waals surface area (Å²) in [6.07, 6.45) is 16.0. The van der Waals surface area contributed by atoms with E-state index < -0.39 is 12.3 Å². The van der Waals surface area contributed by atoms with Crippen molar-refractivity contribution in [3.8, 4) is 0 Å². The quantitative estimate of drug-likeness (QED) is 0.268. The maximum absolute atomic E-state index is 11.6. The Morgan fingerprint density at radius 1 is 0.920 bits per heavy atom. The Morgan fingerprint density at radius 2 is 1.44 bits per heavy atom. The normalized spacial score (nSPS) is 16.5. The molecule has 25 heavy (non-hydrogen) atoms. The number of rotatable bonds is 16. The summed E-state index contributed by atoms with van der Waals surface area (Å²) in [7, 11) is 0. The van der Waals surface area contributed by atoms with Crippen molar-refractivity contribution in [2.75, 3.05) is 13.2 Å². The number of carbonyl (C=O) groups excluding carboxylic acids is 2. The SMILES string of the molecule is CCCCCCCCCCCCCCCC(=O)OCC1COC(=O)O1. The van der Waals surface area contributed by atoms with Crippen LogP contribution in [0.15, 0.2) is 0 Å². The highest BCUT2D eigenvalue weighted by molar-refractivity contribution is 5.69. The third-order valence-corrected chi connectivity index (χ3v) is 4.56. The zero-order chi connectivity index (χ0) is 18.2. The van der Waals surface area contributed by atoms with Crippen LogP contribution in [-0.4, -0.2) is 31.4 Å². The molecule has 0 bridgehead atoms. The van der Waals surface area contributed by atoms with E-state index in [2.05, 4.69) is 11.7 Å². The van der Waals surface area contributed by atoms with Gasteiger partial charge in [0.15, 0.2) is 6.10 Å². The molecule has 0 aromatic heterocycles. The summed E-state index contributed by atoms with van der Waals surface area (Å²) in [4.78, 5) is 22.3. The lowest BCUT2D eigenvalue weighted by atomic mass is 10.0. The molecule has 0 saturated carbocycles. The van der Waals surface area contributed by atoms with E-state index in [1.54, 1.807) is 0 Å². The number of cyclic esters (lactones) is 2. The minimum atomic E-state index is -0.683. The summed E-state index contributed by atoms with van der Waals surface area (Å²) in [5.74, 6) is -0.217. The maximum Gasteiger partial charge on any atom is 0.508 e.